The van der Waals surface area contributed by atoms with Crippen molar-refractivity contribution in [3.63, 3.8) is 0 Å². The number of rotatable bonds is 4. The molecule has 1 aromatic carbocycles. The lowest BCUT2D eigenvalue weighted by atomic mass is 10.2. The summed E-state index contributed by atoms with van der Waals surface area (Å²) in [5.41, 5.74) is 5.95. The first-order valence-electron chi connectivity index (χ1n) is 4.43. The third-order valence-electron chi connectivity index (χ3n) is 1.82. The van der Waals surface area contributed by atoms with E-state index in [2.05, 4.69) is 15.9 Å². The Bertz CT molecular complexity index is 343. The van der Waals surface area contributed by atoms with Gasteiger partial charge in [-0.2, -0.15) is 0 Å². The normalized spacial score (nSPS) is 12.2. The molecule has 5 heteroatoms. The fourth-order valence-electron chi connectivity index (χ4n) is 0.957. The van der Waals surface area contributed by atoms with Gasteiger partial charge >= 0.3 is 5.97 Å². The number of nitrogens with two attached hydrogens (primary N) is 1. The maximum absolute atomic E-state index is 11.1. The zero-order valence-electron chi connectivity index (χ0n) is 8.02. The van der Waals surface area contributed by atoms with Crippen LogP contribution in [-0.4, -0.2) is 23.7 Å². The zero-order chi connectivity index (χ0) is 11.3. The van der Waals surface area contributed by atoms with Gasteiger partial charge in [-0.3, -0.25) is 0 Å². The van der Waals surface area contributed by atoms with Crippen LogP contribution in [0.2, 0.25) is 0 Å². The van der Waals surface area contributed by atoms with Crippen LogP contribution in [-0.2, 0) is 16.1 Å². The van der Waals surface area contributed by atoms with Crippen molar-refractivity contribution in [1.82, 2.24) is 0 Å². The van der Waals surface area contributed by atoms with Gasteiger partial charge in [-0.25, -0.2) is 4.79 Å². The molecule has 0 radical (unpaired) electrons. The summed E-state index contributed by atoms with van der Waals surface area (Å²) in [5.74, 6) is -0.701. The summed E-state index contributed by atoms with van der Waals surface area (Å²) in [4.78, 5) is 11.1. The SMILES string of the molecule is NC[C@H](O)C(=O)OCc1ccccc1Br. The molecule has 0 saturated heterocycles. The number of carbonyl (C=O) groups is 1. The standard InChI is InChI=1S/C10H12BrNO3/c11-8-4-2-1-3-7(8)6-15-10(14)9(13)5-12/h1-4,9,13H,5-6,12H2/t9-/m0/s1. The lowest BCUT2D eigenvalue weighted by molar-refractivity contribution is -0.154. The van der Waals surface area contributed by atoms with Crippen molar-refractivity contribution in [3.05, 3.63) is 34.3 Å². The molecule has 0 heterocycles. The molecule has 0 unspecified atom stereocenters. The van der Waals surface area contributed by atoms with E-state index in [4.69, 9.17) is 15.6 Å². The highest BCUT2D eigenvalue weighted by molar-refractivity contribution is 9.10. The molecule has 4 nitrogen and oxygen atoms in total. The van der Waals surface area contributed by atoms with Crippen molar-refractivity contribution in [2.24, 2.45) is 5.73 Å². The van der Waals surface area contributed by atoms with Crippen molar-refractivity contribution in [3.8, 4) is 0 Å². The van der Waals surface area contributed by atoms with Crippen LogP contribution in [0, 0.1) is 0 Å². The molecule has 1 rings (SSSR count). The fraction of sp³-hybridized carbons (Fsp3) is 0.300. The van der Waals surface area contributed by atoms with E-state index in [0.717, 1.165) is 10.0 Å². The number of hydrogen-bond donors (Lipinski definition) is 2. The Morgan fingerprint density at radius 3 is 2.80 bits per heavy atom. The highest BCUT2D eigenvalue weighted by atomic mass is 79.9. The molecule has 3 N–H and O–H groups in total. The number of aliphatic hydroxyl groups excluding tert-OH is 1. The molecule has 0 bridgehead atoms. The molecule has 0 aromatic heterocycles. The highest BCUT2D eigenvalue weighted by Crippen LogP contribution is 2.16. The lowest BCUT2D eigenvalue weighted by Crippen LogP contribution is -2.30. The fourth-order valence-corrected chi connectivity index (χ4v) is 1.36. The largest absolute Gasteiger partial charge is 0.459 e. The Morgan fingerprint density at radius 2 is 2.20 bits per heavy atom. The second-order valence-electron chi connectivity index (χ2n) is 2.95. The van der Waals surface area contributed by atoms with Crippen LogP contribution in [0.3, 0.4) is 0 Å². The third kappa shape index (κ3) is 3.62. The summed E-state index contributed by atoms with van der Waals surface area (Å²) >= 11 is 3.32. The summed E-state index contributed by atoms with van der Waals surface area (Å²) in [6, 6.07) is 7.38. The Labute approximate surface area is 96.2 Å². The van der Waals surface area contributed by atoms with E-state index in [-0.39, 0.29) is 13.2 Å². The van der Waals surface area contributed by atoms with Crippen LogP contribution < -0.4 is 5.73 Å². The van der Waals surface area contributed by atoms with Crippen molar-refractivity contribution >= 4 is 21.9 Å². The van der Waals surface area contributed by atoms with Crippen LogP contribution in [0.25, 0.3) is 0 Å². The Kier molecular flexibility index (Phi) is 4.74. The smallest absolute Gasteiger partial charge is 0.336 e. The molecular weight excluding hydrogens is 262 g/mol. The molecule has 1 aromatic rings. The molecule has 0 fully saturated rings. The lowest BCUT2D eigenvalue weighted by Gasteiger charge is -2.09. The number of esters is 1. The molecule has 0 aliphatic heterocycles. The first-order chi connectivity index (χ1) is 7.15. The minimum Gasteiger partial charge on any atom is -0.459 e. The minimum atomic E-state index is -1.24. The average molecular weight is 274 g/mol. The number of ether oxygens (including phenoxy) is 1. The maximum atomic E-state index is 11.1. The molecule has 15 heavy (non-hydrogen) atoms. The van der Waals surface area contributed by atoms with Crippen LogP contribution >= 0.6 is 15.9 Å². The maximum Gasteiger partial charge on any atom is 0.336 e. The van der Waals surface area contributed by atoms with E-state index in [9.17, 15) is 4.79 Å². The Balaban J connectivity index is 2.51. The van der Waals surface area contributed by atoms with Gasteiger partial charge in [0, 0.05) is 16.6 Å². The number of halogens is 1. The van der Waals surface area contributed by atoms with Gasteiger partial charge in [0.15, 0.2) is 6.10 Å². The average Bonchev–Trinajstić information content (AvgIpc) is 2.26. The highest BCUT2D eigenvalue weighted by Gasteiger charge is 2.14. The second-order valence-corrected chi connectivity index (χ2v) is 3.80. The Morgan fingerprint density at radius 1 is 1.53 bits per heavy atom. The van der Waals surface area contributed by atoms with Crippen LogP contribution in [0.15, 0.2) is 28.7 Å². The topological polar surface area (TPSA) is 72.5 Å². The third-order valence-corrected chi connectivity index (χ3v) is 2.60. The molecule has 82 valence electrons. The van der Waals surface area contributed by atoms with E-state index in [1.54, 1.807) is 0 Å². The van der Waals surface area contributed by atoms with Gasteiger partial charge in [-0.1, -0.05) is 34.1 Å². The Hall–Kier alpha value is -0.910. The van der Waals surface area contributed by atoms with Gasteiger partial charge in [0.05, 0.1) is 0 Å². The predicted octanol–water partition coefficient (Wildman–Crippen LogP) is 0.812. The number of aliphatic hydroxyl groups is 1. The van der Waals surface area contributed by atoms with E-state index < -0.39 is 12.1 Å². The monoisotopic (exact) mass is 273 g/mol. The van der Waals surface area contributed by atoms with Gasteiger partial charge in [0.1, 0.15) is 6.61 Å². The molecule has 0 spiro atoms. The van der Waals surface area contributed by atoms with E-state index in [1.807, 2.05) is 24.3 Å². The summed E-state index contributed by atoms with van der Waals surface area (Å²) in [5, 5.41) is 9.06. The molecule has 0 aliphatic carbocycles. The van der Waals surface area contributed by atoms with E-state index in [0.29, 0.717) is 0 Å². The van der Waals surface area contributed by atoms with Gasteiger partial charge in [-0.05, 0) is 6.07 Å². The minimum absolute atomic E-state index is 0.122. The second kappa shape index (κ2) is 5.85. The van der Waals surface area contributed by atoms with Crippen LogP contribution in [0.4, 0.5) is 0 Å². The van der Waals surface area contributed by atoms with Gasteiger partial charge in [0.2, 0.25) is 0 Å². The van der Waals surface area contributed by atoms with Crippen molar-refractivity contribution < 1.29 is 14.6 Å². The number of hydrogen-bond acceptors (Lipinski definition) is 4. The van der Waals surface area contributed by atoms with Gasteiger partial charge < -0.3 is 15.6 Å². The number of benzene rings is 1. The van der Waals surface area contributed by atoms with Crippen molar-refractivity contribution in [1.29, 1.82) is 0 Å². The zero-order valence-corrected chi connectivity index (χ0v) is 9.61. The first kappa shape index (κ1) is 12.2. The molecule has 0 amide bonds. The quantitative estimate of drug-likeness (QED) is 0.797. The van der Waals surface area contributed by atoms with Crippen molar-refractivity contribution in [2.75, 3.05) is 6.54 Å². The van der Waals surface area contributed by atoms with Crippen molar-refractivity contribution in [2.45, 2.75) is 12.7 Å². The molecule has 0 aliphatic rings. The van der Waals surface area contributed by atoms with Gasteiger partial charge in [0.25, 0.3) is 0 Å². The van der Waals surface area contributed by atoms with Gasteiger partial charge in [-0.15, -0.1) is 0 Å². The summed E-state index contributed by atoms with van der Waals surface area (Å²) in [6.45, 7) is -0.00783. The first-order valence-corrected chi connectivity index (χ1v) is 5.22. The summed E-state index contributed by atoms with van der Waals surface area (Å²) in [7, 11) is 0. The summed E-state index contributed by atoms with van der Waals surface area (Å²) < 4.78 is 5.72. The predicted molar refractivity (Wildman–Crippen MR) is 59.0 cm³/mol. The summed E-state index contributed by atoms with van der Waals surface area (Å²) in [6.07, 6.45) is -1.24. The van der Waals surface area contributed by atoms with Crippen LogP contribution in [0.1, 0.15) is 5.56 Å². The van der Waals surface area contributed by atoms with Crippen LogP contribution in [0.5, 0.6) is 0 Å². The number of carbonyl (C=O) groups excluding carboxylic acids is 1. The molecule has 1 atom stereocenters. The van der Waals surface area contributed by atoms with E-state index in [1.165, 1.54) is 0 Å². The molecule has 0 saturated carbocycles. The van der Waals surface area contributed by atoms with E-state index >= 15 is 0 Å². The molecular formula is C10H12BrNO3.